The monoisotopic (exact) mass is 438 g/mol. The summed E-state index contributed by atoms with van der Waals surface area (Å²) in [5.41, 5.74) is 0. The van der Waals surface area contributed by atoms with Crippen molar-refractivity contribution in [3.8, 4) is 0 Å². The molecule has 134 valence electrons. The van der Waals surface area contributed by atoms with Crippen molar-refractivity contribution in [3.05, 3.63) is 0 Å². The first kappa shape index (κ1) is 20.3. The normalized spacial score (nSPS) is 24.7. The highest BCUT2D eigenvalue weighted by molar-refractivity contribution is 14.0. The van der Waals surface area contributed by atoms with Gasteiger partial charge in [0.2, 0.25) is 0 Å². The highest BCUT2D eigenvalue weighted by Crippen LogP contribution is 2.34. The number of guanidine groups is 1. The van der Waals surface area contributed by atoms with Crippen LogP contribution < -0.4 is 10.6 Å². The first-order valence-electron chi connectivity index (χ1n) is 8.59. The van der Waals surface area contributed by atoms with Crippen molar-refractivity contribution in [2.24, 2.45) is 10.9 Å². The van der Waals surface area contributed by atoms with Gasteiger partial charge in [0.15, 0.2) is 5.96 Å². The maximum atomic E-state index is 11.7. The summed E-state index contributed by atoms with van der Waals surface area (Å²) in [4.78, 5) is 17.8. The molecule has 7 heteroatoms. The molecule has 1 saturated heterocycles. The number of aliphatic imine (C=N–C) groups is 1. The Balaban J connectivity index is 0.00000264. The van der Waals surface area contributed by atoms with Gasteiger partial charge in [0, 0.05) is 32.2 Å². The fraction of sp³-hybridized carbons (Fsp3) is 0.875. The minimum Gasteiger partial charge on any atom is -0.450 e. The van der Waals surface area contributed by atoms with Crippen molar-refractivity contribution in [2.45, 2.75) is 58.0 Å². The van der Waals surface area contributed by atoms with Gasteiger partial charge < -0.3 is 20.3 Å². The molecule has 0 aromatic rings. The molecule has 6 nitrogen and oxygen atoms in total. The quantitative estimate of drug-likeness (QED) is 0.394. The van der Waals surface area contributed by atoms with Crippen LogP contribution >= 0.6 is 24.0 Å². The van der Waals surface area contributed by atoms with Crippen LogP contribution in [0.3, 0.4) is 0 Å². The van der Waals surface area contributed by atoms with E-state index in [1.165, 1.54) is 19.3 Å². The van der Waals surface area contributed by atoms with E-state index in [4.69, 9.17) is 4.74 Å². The second-order valence-electron chi connectivity index (χ2n) is 6.21. The molecular formula is C16H31IN4O2. The number of carbonyl (C=O) groups excluding carboxylic acids is 1. The molecule has 1 aliphatic heterocycles. The van der Waals surface area contributed by atoms with E-state index < -0.39 is 0 Å². The van der Waals surface area contributed by atoms with Gasteiger partial charge in [0.25, 0.3) is 0 Å². The summed E-state index contributed by atoms with van der Waals surface area (Å²) in [5, 5.41) is 7.00. The standard InChI is InChI=1S/C16H30N4O2.HI/c1-4-6-12-11-14(12)19-15(17-3)18-13-7-9-20(10-8-13)16(21)22-5-2;/h12-14H,4-11H2,1-3H3,(H2,17,18,19);1H. The highest BCUT2D eigenvalue weighted by atomic mass is 127. The highest BCUT2D eigenvalue weighted by Gasteiger charge is 2.37. The van der Waals surface area contributed by atoms with Gasteiger partial charge in [0.05, 0.1) is 6.61 Å². The van der Waals surface area contributed by atoms with Crippen molar-refractivity contribution in [1.82, 2.24) is 15.5 Å². The molecule has 23 heavy (non-hydrogen) atoms. The van der Waals surface area contributed by atoms with E-state index in [0.717, 1.165) is 37.8 Å². The lowest BCUT2D eigenvalue weighted by molar-refractivity contribution is 0.0963. The summed E-state index contributed by atoms with van der Waals surface area (Å²) in [7, 11) is 1.82. The van der Waals surface area contributed by atoms with Gasteiger partial charge in [-0.25, -0.2) is 4.79 Å². The van der Waals surface area contributed by atoms with Crippen molar-refractivity contribution in [1.29, 1.82) is 0 Å². The van der Waals surface area contributed by atoms with Crippen LogP contribution in [0.4, 0.5) is 4.79 Å². The zero-order valence-corrected chi connectivity index (χ0v) is 16.8. The van der Waals surface area contributed by atoms with Crippen molar-refractivity contribution in [3.63, 3.8) is 0 Å². The molecule has 2 fully saturated rings. The molecule has 1 saturated carbocycles. The van der Waals surface area contributed by atoms with E-state index in [-0.39, 0.29) is 30.1 Å². The van der Waals surface area contributed by atoms with E-state index in [9.17, 15) is 4.79 Å². The van der Waals surface area contributed by atoms with Crippen LogP contribution in [0.2, 0.25) is 0 Å². The molecule has 2 rings (SSSR count). The van der Waals surface area contributed by atoms with Gasteiger partial charge >= 0.3 is 6.09 Å². The van der Waals surface area contributed by atoms with Crippen LogP contribution in [0, 0.1) is 5.92 Å². The fourth-order valence-electron chi connectivity index (χ4n) is 3.08. The maximum Gasteiger partial charge on any atom is 0.409 e. The number of hydrogen-bond acceptors (Lipinski definition) is 3. The van der Waals surface area contributed by atoms with Gasteiger partial charge in [-0.05, 0) is 38.5 Å². The first-order chi connectivity index (χ1) is 10.7. The summed E-state index contributed by atoms with van der Waals surface area (Å²) < 4.78 is 5.05. The van der Waals surface area contributed by atoms with E-state index in [1.807, 2.05) is 14.0 Å². The van der Waals surface area contributed by atoms with Crippen molar-refractivity contribution >= 4 is 36.0 Å². The van der Waals surface area contributed by atoms with Gasteiger partial charge in [-0.1, -0.05) is 13.3 Å². The molecule has 2 aliphatic rings. The SMILES string of the molecule is CCCC1CC1NC(=NC)NC1CCN(C(=O)OCC)CC1.I. The van der Waals surface area contributed by atoms with Crippen LogP contribution in [0.25, 0.3) is 0 Å². The minimum absolute atomic E-state index is 0. The Morgan fingerprint density at radius 3 is 2.52 bits per heavy atom. The number of piperidine rings is 1. The average molecular weight is 438 g/mol. The lowest BCUT2D eigenvalue weighted by atomic mass is 10.1. The van der Waals surface area contributed by atoms with E-state index in [0.29, 0.717) is 18.7 Å². The second-order valence-corrected chi connectivity index (χ2v) is 6.21. The zero-order valence-electron chi connectivity index (χ0n) is 14.5. The van der Waals surface area contributed by atoms with E-state index in [1.54, 1.807) is 4.90 Å². The number of nitrogens with zero attached hydrogens (tertiary/aromatic N) is 2. The molecule has 0 aromatic heterocycles. The van der Waals surface area contributed by atoms with Gasteiger partial charge in [-0.3, -0.25) is 4.99 Å². The zero-order chi connectivity index (χ0) is 15.9. The van der Waals surface area contributed by atoms with Gasteiger partial charge in [-0.15, -0.1) is 24.0 Å². The average Bonchev–Trinajstić information content (AvgIpc) is 3.25. The Morgan fingerprint density at radius 2 is 1.96 bits per heavy atom. The largest absolute Gasteiger partial charge is 0.450 e. The lowest BCUT2D eigenvalue weighted by Crippen LogP contribution is -2.50. The van der Waals surface area contributed by atoms with Crippen molar-refractivity contribution < 1.29 is 9.53 Å². The smallest absolute Gasteiger partial charge is 0.409 e. The Bertz CT molecular complexity index is 398. The van der Waals surface area contributed by atoms with Crippen molar-refractivity contribution in [2.75, 3.05) is 26.7 Å². The summed E-state index contributed by atoms with van der Waals surface area (Å²) in [6, 6.07) is 0.964. The minimum atomic E-state index is -0.191. The molecule has 2 unspecified atom stereocenters. The third-order valence-corrected chi connectivity index (χ3v) is 4.49. The number of carbonyl (C=O) groups is 1. The summed E-state index contributed by atoms with van der Waals surface area (Å²) >= 11 is 0. The first-order valence-corrected chi connectivity index (χ1v) is 8.59. The Hall–Kier alpha value is -0.730. The predicted molar refractivity (Wildman–Crippen MR) is 103 cm³/mol. The molecular weight excluding hydrogens is 407 g/mol. The predicted octanol–water partition coefficient (Wildman–Crippen LogP) is 2.58. The van der Waals surface area contributed by atoms with E-state index in [2.05, 4.69) is 22.5 Å². The molecule has 2 N–H and O–H groups in total. The molecule has 1 aliphatic carbocycles. The number of hydrogen-bond donors (Lipinski definition) is 2. The van der Waals surface area contributed by atoms with Crippen LogP contribution in [0.5, 0.6) is 0 Å². The topological polar surface area (TPSA) is 66.0 Å². The van der Waals surface area contributed by atoms with Crippen LogP contribution in [0.1, 0.15) is 46.0 Å². The number of ether oxygens (including phenoxy) is 1. The van der Waals surface area contributed by atoms with Crippen LogP contribution in [-0.2, 0) is 4.74 Å². The lowest BCUT2D eigenvalue weighted by Gasteiger charge is -2.32. The molecule has 2 atom stereocenters. The maximum absolute atomic E-state index is 11.7. The Morgan fingerprint density at radius 1 is 1.26 bits per heavy atom. The number of nitrogens with one attached hydrogen (secondary N) is 2. The molecule has 0 bridgehead atoms. The van der Waals surface area contributed by atoms with Crippen LogP contribution in [-0.4, -0.2) is 55.8 Å². The van der Waals surface area contributed by atoms with Gasteiger partial charge in [0.1, 0.15) is 0 Å². The second kappa shape index (κ2) is 10.2. The molecule has 0 radical (unpaired) electrons. The third kappa shape index (κ3) is 6.35. The summed E-state index contributed by atoms with van der Waals surface area (Å²) in [6.45, 7) is 6.00. The third-order valence-electron chi connectivity index (χ3n) is 4.49. The Labute approximate surface area is 156 Å². The Kier molecular flexibility index (Phi) is 9.01. The summed E-state index contributed by atoms with van der Waals surface area (Å²) in [6.07, 6.45) is 5.48. The number of rotatable bonds is 5. The number of likely N-dealkylation sites (tertiary alicyclic amines) is 1. The number of amides is 1. The molecule has 1 heterocycles. The number of halogens is 1. The van der Waals surface area contributed by atoms with Crippen LogP contribution in [0.15, 0.2) is 4.99 Å². The fourth-order valence-corrected chi connectivity index (χ4v) is 3.08. The molecule has 0 aromatic carbocycles. The molecule has 0 spiro atoms. The molecule has 1 amide bonds. The van der Waals surface area contributed by atoms with Gasteiger partial charge in [-0.2, -0.15) is 0 Å². The summed E-state index contributed by atoms with van der Waals surface area (Å²) in [5.74, 6) is 1.72. The van der Waals surface area contributed by atoms with E-state index >= 15 is 0 Å².